The maximum Gasteiger partial charge on any atom is 2.00 e. The largest absolute Gasteiger partial charge is 2.00 e. The van der Waals surface area contributed by atoms with Gasteiger partial charge in [-0.3, -0.25) is 0 Å². The standard InChI is InChI=1S/C12H23O.HI.Mg/c1-3-5-7-8-10-12-13-11-9-6-4-2;;/h5,7H,1,3-4,6,8-12H2,2H3;1H;/q-1;;+2/p-1/b7-5+;;. The van der Waals surface area contributed by atoms with Crippen LogP contribution in [0.2, 0.25) is 0 Å². The first-order valence-corrected chi connectivity index (χ1v) is 5.43. The van der Waals surface area contributed by atoms with Gasteiger partial charge < -0.3 is 35.6 Å². The Morgan fingerprint density at radius 3 is 2.33 bits per heavy atom. The van der Waals surface area contributed by atoms with Crippen molar-refractivity contribution in [3.8, 4) is 0 Å². The van der Waals surface area contributed by atoms with Gasteiger partial charge in [0.05, 0.1) is 0 Å². The third-order valence-electron chi connectivity index (χ3n) is 1.89. The summed E-state index contributed by atoms with van der Waals surface area (Å²) >= 11 is 0. The molecular weight excluding hydrogens is 311 g/mol. The molecule has 0 fully saturated rings. The number of unbranched alkanes of at least 4 members (excludes halogenated alkanes) is 3. The molecule has 15 heavy (non-hydrogen) atoms. The molecule has 0 atom stereocenters. The van der Waals surface area contributed by atoms with Crippen LogP contribution in [0.3, 0.4) is 0 Å². The van der Waals surface area contributed by atoms with Gasteiger partial charge in [0.25, 0.3) is 0 Å². The van der Waals surface area contributed by atoms with E-state index in [1.54, 1.807) is 0 Å². The van der Waals surface area contributed by atoms with Gasteiger partial charge in [-0.05, 0) is 19.3 Å². The molecule has 0 heterocycles. The van der Waals surface area contributed by atoms with Gasteiger partial charge in [-0.2, -0.15) is 6.42 Å². The number of hydrogen-bond donors (Lipinski definition) is 0. The van der Waals surface area contributed by atoms with Crippen molar-refractivity contribution in [2.45, 2.75) is 45.4 Å². The molecule has 0 N–H and O–H groups in total. The van der Waals surface area contributed by atoms with E-state index in [0.717, 1.165) is 32.5 Å². The zero-order chi connectivity index (χ0) is 9.78. The van der Waals surface area contributed by atoms with Crippen LogP contribution in [0.1, 0.15) is 45.4 Å². The SMILES string of the molecule is [CH2-]C/C=C/CCCOCCCCC.[I-].[Mg+2]. The molecule has 0 aliphatic rings. The van der Waals surface area contributed by atoms with Crippen LogP contribution < -0.4 is 24.0 Å². The minimum atomic E-state index is 0. The molecule has 3 heteroatoms. The Bertz CT molecular complexity index is 118. The monoisotopic (exact) mass is 334 g/mol. The fourth-order valence-corrected chi connectivity index (χ4v) is 1.10. The molecule has 0 radical (unpaired) electrons. The number of ether oxygens (including phenoxy) is 1. The van der Waals surface area contributed by atoms with E-state index in [-0.39, 0.29) is 47.0 Å². The summed E-state index contributed by atoms with van der Waals surface area (Å²) in [7, 11) is 0. The van der Waals surface area contributed by atoms with Crippen molar-refractivity contribution >= 4 is 23.1 Å². The molecule has 0 amide bonds. The van der Waals surface area contributed by atoms with Crippen molar-refractivity contribution in [1.29, 1.82) is 0 Å². The molecule has 0 spiro atoms. The first-order valence-electron chi connectivity index (χ1n) is 5.43. The third-order valence-corrected chi connectivity index (χ3v) is 1.89. The molecule has 86 valence electrons. The third kappa shape index (κ3) is 21.1. The summed E-state index contributed by atoms with van der Waals surface area (Å²) in [5.74, 6) is 0. The molecule has 1 nitrogen and oxygen atoms in total. The smallest absolute Gasteiger partial charge is 1.00 e. The predicted molar refractivity (Wildman–Crippen MR) is 64.4 cm³/mol. The van der Waals surface area contributed by atoms with Crippen LogP contribution in [0.25, 0.3) is 0 Å². The van der Waals surface area contributed by atoms with Crippen molar-refractivity contribution in [2.24, 2.45) is 0 Å². The molecule has 0 rings (SSSR count). The van der Waals surface area contributed by atoms with Crippen LogP contribution in [0, 0.1) is 6.92 Å². The second-order valence-corrected chi connectivity index (χ2v) is 3.22. The summed E-state index contributed by atoms with van der Waals surface area (Å²) < 4.78 is 5.47. The van der Waals surface area contributed by atoms with E-state index >= 15 is 0 Å². The maximum absolute atomic E-state index is 5.47. The number of halogens is 1. The number of allylic oxidation sites excluding steroid dienone is 2. The Morgan fingerprint density at radius 2 is 1.73 bits per heavy atom. The number of hydrogen-bond acceptors (Lipinski definition) is 1. The summed E-state index contributed by atoms with van der Waals surface area (Å²) in [4.78, 5) is 0. The van der Waals surface area contributed by atoms with Crippen LogP contribution in [0.5, 0.6) is 0 Å². The summed E-state index contributed by atoms with van der Waals surface area (Å²) in [5.41, 5.74) is 0. The summed E-state index contributed by atoms with van der Waals surface area (Å²) in [6, 6.07) is 0. The van der Waals surface area contributed by atoms with Crippen LogP contribution >= 0.6 is 0 Å². The van der Waals surface area contributed by atoms with E-state index in [1.807, 2.05) is 0 Å². The van der Waals surface area contributed by atoms with E-state index in [4.69, 9.17) is 4.74 Å². The van der Waals surface area contributed by atoms with Gasteiger partial charge >= 0.3 is 23.1 Å². The predicted octanol–water partition coefficient (Wildman–Crippen LogP) is 0.377. The zero-order valence-electron chi connectivity index (χ0n) is 10.0. The first kappa shape index (κ1) is 21.5. The van der Waals surface area contributed by atoms with Gasteiger partial charge in [0.15, 0.2) is 0 Å². The van der Waals surface area contributed by atoms with E-state index in [9.17, 15) is 0 Å². The van der Waals surface area contributed by atoms with Crippen molar-refractivity contribution in [2.75, 3.05) is 13.2 Å². The van der Waals surface area contributed by atoms with Gasteiger partial charge in [0.2, 0.25) is 0 Å². The molecule has 0 saturated carbocycles. The topological polar surface area (TPSA) is 9.23 Å². The summed E-state index contributed by atoms with van der Waals surface area (Å²) in [6.07, 6.45) is 11.2. The van der Waals surface area contributed by atoms with Gasteiger partial charge in [-0.25, -0.2) is 0 Å². The summed E-state index contributed by atoms with van der Waals surface area (Å²) in [5, 5.41) is 0. The molecular formula is C12H23IMgO. The fourth-order valence-electron chi connectivity index (χ4n) is 1.10. The Kier molecular flexibility index (Phi) is 29.5. The fraction of sp³-hybridized carbons (Fsp3) is 0.750. The zero-order valence-corrected chi connectivity index (χ0v) is 13.6. The van der Waals surface area contributed by atoms with E-state index in [1.165, 1.54) is 19.3 Å². The molecule has 0 aliphatic heterocycles. The van der Waals surface area contributed by atoms with Crippen molar-refractivity contribution in [1.82, 2.24) is 0 Å². The molecule has 0 saturated heterocycles. The Morgan fingerprint density at radius 1 is 1.07 bits per heavy atom. The van der Waals surface area contributed by atoms with Crippen molar-refractivity contribution in [3.63, 3.8) is 0 Å². The Balaban J connectivity index is -0.000000720. The van der Waals surface area contributed by atoms with Gasteiger partial charge in [-0.1, -0.05) is 25.8 Å². The van der Waals surface area contributed by atoms with Gasteiger partial charge in [0, 0.05) is 13.2 Å². The van der Waals surface area contributed by atoms with E-state index in [2.05, 4.69) is 26.0 Å². The molecule has 0 bridgehead atoms. The van der Waals surface area contributed by atoms with Gasteiger partial charge in [0.1, 0.15) is 0 Å². The van der Waals surface area contributed by atoms with Gasteiger partial charge in [-0.15, -0.1) is 6.08 Å². The maximum atomic E-state index is 5.47. The van der Waals surface area contributed by atoms with E-state index in [0.29, 0.717) is 0 Å². The second-order valence-electron chi connectivity index (χ2n) is 3.22. The molecule has 0 unspecified atom stereocenters. The second kappa shape index (κ2) is 20.6. The molecule has 0 aromatic rings. The molecule has 0 aliphatic carbocycles. The Hall–Kier alpha value is 1.20. The normalized spacial score (nSPS) is 9.73. The minimum absolute atomic E-state index is 0. The summed E-state index contributed by atoms with van der Waals surface area (Å²) in [6.45, 7) is 7.79. The molecule has 0 aromatic heterocycles. The van der Waals surface area contributed by atoms with E-state index < -0.39 is 0 Å². The van der Waals surface area contributed by atoms with Crippen molar-refractivity contribution < 1.29 is 28.7 Å². The Labute approximate surface area is 129 Å². The quantitative estimate of drug-likeness (QED) is 0.195. The van der Waals surface area contributed by atoms with Crippen molar-refractivity contribution in [3.05, 3.63) is 19.1 Å². The van der Waals surface area contributed by atoms with Crippen LogP contribution in [-0.2, 0) is 4.74 Å². The minimum Gasteiger partial charge on any atom is -1.00 e. The van der Waals surface area contributed by atoms with Crippen LogP contribution in [0.15, 0.2) is 12.2 Å². The van der Waals surface area contributed by atoms with Crippen LogP contribution in [0.4, 0.5) is 0 Å². The first-order chi connectivity index (χ1) is 6.41. The number of rotatable bonds is 9. The average molecular weight is 335 g/mol. The van der Waals surface area contributed by atoms with Crippen LogP contribution in [-0.4, -0.2) is 36.3 Å². The average Bonchev–Trinajstić information content (AvgIpc) is 2.16. The molecule has 0 aromatic carbocycles.